The summed E-state index contributed by atoms with van der Waals surface area (Å²) in [4.78, 5) is 4.54. The molecule has 1 saturated carbocycles. The summed E-state index contributed by atoms with van der Waals surface area (Å²) in [5.74, 6) is 0. The van der Waals surface area contributed by atoms with Gasteiger partial charge in [-0.05, 0) is 18.9 Å². The first-order chi connectivity index (χ1) is 7.83. The molecule has 2 nitrogen and oxygen atoms in total. The smallest absolute Gasteiger partial charge is 0.183 e. The predicted molar refractivity (Wildman–Crippen MR) is 69.2 cm³/mol. The average molecular weight is 251 g/mol. The van der Waals surface area contributed by atoms with Crippen LogP contribution in [0.5, 0.6) is 0 Å². The molecule has 0 saturated heterocycles. The van der Waals surface area contributed by atoms with Gasteiger partial charge in [0, 0.05) is 22.0 Å². The first-order valence-electron chi connectivity index (χ1n) is 5.30. The molecule has 1 aromatic carbocycles. The number of rotatable bonds is 3. The summed E-state index contributed by atoms with van der Waals surface area (Å²) in [6, 6.07) is 8.45. The minimum absolute atomic E-state index is 0.644. The molecule has 82 valence electrons. The third-order valence-electron chi connectivity index (χ3n) is 2.56. The van der Waals surface area contributed by atoms with Gasteiger partial charge in [-0.2, -0.15) is 0 Å². The fourth-order valence-electron chi connectivity index (χ4n) is 1.53. The second kappa shape index (κ2) is 4.07. The minimum atomic E-state index is 0.644. The fourth-order valence-corrected chi connectivity index (χ4v) is 2.56. The Morgan fingerprint density at radius 1 is 1.31 bits per heavy atom. The van der Waals surface area contributed by atoms with Crippen LogP contribution in [0.2, 0.25) is 5.02 Å². The van der Waals surface area contributed by atoms with Crippen LogP contribution in [0.4, 0.5) is 5.13 Å². The average Bonchev–Trinajstić information content (AvgIpc) is 2.97. The van der Waals surface area contributed by atoms with Crippen molar-refractivity contribution in [1.29, 1.82) is 0 Å². The predicted octanol–water partition coefficient (Wildman–Crippen LogP) is 4.04. The molecular weight excluding hydrogens is 240 g/mol. The molecule has 0 amide bonds. The van der Waals surface area contributed by atoms with Crippen molar-refractivity contribution in [3.05, 3.63) is 34.7 Å². The maximum absolute atomic E-state index is 6.13. The Hall–Kier alpha value is -1.06. The number of benzene rings is 1. The molecule has 0 aliphatic heterocycles. The molecule has 0 bridgehead atoms. The first kappa shape index (κ1) is 10.1. The highest BCUT2D eigenvalue weighted by atomic mass is 35.5. The van der Waals surface area contributed by atoms with Crippen molar-refractivity contribution < 1.29 is 0 Å². The van der Waals surface area contributed by atoms with E-state index < -0.39 is 0 Å². The Labute approximate surface area is 103 Å². The van der Waals surface area contributed by atoms with Crippen molar-refractivity contribution in [2.24, 2.45) is 0 Å². The standard InChI is InChI=1S/C12H11ClN2S/c13-10-4-2-1-3-9(10)11-7-16-12(15-11)14-8-5-6-8/h1-4,7-8H,5-6H2,(H,14,15). The van der Waals surface area contributed by atoms with Crippen molar-refractivity contribution in [3.63, 3.8) is 0 Å². The largest absolute Gasteiger partial charge is 0.359 e. The van der Waals surface area contributed by atoms with Crippen molar-refractivity contribution in [2.45, 2.75) is 18.9 Å². The minimum Gasteiger partial charge on any atom is -0.359 e. The number of aromatic nitrogens is 1. The van der Waals surface area contributed by atoms with Gasteiger partial charge in [0.15, 0.2) is 5.13 Å². The van der Waals surface area contributed by atoms with Crippen LogP contribution in [0.15, 0.2) is 29.6 Å². The number of nitrogens with one attached hydrogen (secondary N) is 1. The van der Waals surface area contributed by atoms with Crippen LogP contribution >= 0.6 is 22.9 Å². The maximum Gasteiger partial charge on any atom is 0.183 e. The van der Waals surface area contributed by atoms with E-state index in [2.05, 4.69) is 10.3 Å². The number of anilines is 1. The van der Waals surface area contributed by atoms with Crippen molar-refractivity contribution >= 4 is 28.1 Å². The zero-order valence-corrected chi connectivity index (χ0v) is 10.2. The van der Waals surface area contributed by atoms with Gasteiger partial charge in [-0.25, -0.2) is 4.98 Å². The molecule has 0 atom stereocenters. The molecule has 1 N–H and O–H groups in total. The van der Waals surface area contributed by atoms with Crippen molar-refractivity contribution in [3.8, 4) is 11.3 Å². The summed E-state index contributed by atoms with van der Waals surface area (Å²) in [6.07, 6.45) is 2.53. The summed E-state index contributed by atoms with van der Waals surface area (Å²) in [6.45, 7) is 0. The highest BCUT2D eigenvalue weighted by molar-refractivity contribution is 7.14. The summed E-state index contributed by atoms with van der Waals surface area (Å²) < 4.78 is 0. The lowest BCUT2D eigenvalue weighted by Crippen LogP contribution is -1.99. The van der Waals surface area contributed by atoms with Crippen LogP contribution in [-0.4, -0.2) is 11.0 Å². The van der Waals surface area contributed by atoms with Gasteiger partial charge in [0.25, 0.3) is 0 Å². The normalized spacial score (nSPS) is 15.1. The van der Waals surface area contributed by atoms with E-state index >= 15 is 0 Å². The van der Waals surface area contributed by atoms with Gasteiger partial charge in [-0.15, -0.1) is 11.3 Å². The molecule has 0 radical (unpaired) electrons. The van der Waals surface area contributed by atoms with Crippen LogP contribution in [0.3, 0.4) is 0 Å². The molecule has 3 rings (SSSR count). The summed E-state index contributed by atoms with van der Waals surface area (Å²) in [5, 5.41) is 7.19. The van der Waals surface area contributed by atoms with Gasteiger partial charge >= 0.3 is 0 Å². The highest BCUT2D eigenvalue weighted by Crippen LogP contribution is 2.32. The molecular formula is C12H11ClN2S. The quantitative estimate of drug-likeness (QED) is 0.889. The number of thiazole rings is 1. The second-order valence-corrected chi connectivity index (χ2v) is 5.20. The summed E-state index contributed by atoms with van der Waals surface area (Å²) in [5.41, 5.74) is 1.96. The van der Waals surface area contributed by atoms with Crippen LogP contribution < -0.4 is 5.32 Å². The number of halogens is 1. The lowest BCUT2D eigenvalue weighted by atomic mass is 10.2. The molecule has 4 heteroatoms. The van der Waals surface area contributed by atoms with E-state index in [1.54, 1.807) is 11.3 Å². The van der Waals surface area contributed by atoms with Crippen LogP contribution in [-0.2, 0) is 0 Å². The van der Waals surface area contributed by atoms with E-state index in [1.165, 1.54) is 12.8 Å². The highest BCUT2D eigenvalue weighted by Gasteiger charge is 2.22. The maximum atomic E-state index is 6.13. The Morgan fingerprint density at radius 3 is 2.88 bits per heavy atom. The third kappa shape index (κ3) is 2.06. The molecule has 0 unspecified atom stereocenters. The van der Waals surface area contributed by atoms with E-state index in [4.69, 9.17) is 11.6 Å². The summed E-state index contributed by atoms with van der Waals surface area (Å²) >= 11 is 7.77. The van der Waals surface area contributed by atoms with Gasteiger partial charge in [0.2, 0.25) is 0 Å². The Kier molecular flexibility index (Phi) is 2.58. The van der Waals surface area contributed by atoms with Gasteiger partial charge in [0.05, 0.1) is 5.69 Å². The van der Waals surface area contributed by atoms with Gasteiger partial charge in [0.1, 0.15) is 0 Å². The Bertz CT molecular complexity index is 505. The van der Waals surface area contributed by atoms with Crippen molar-refractivity contribution in [1.82, 2.24) is 4.98 Å². The Morgan fingerprint density at radius 2 is 2.12 bits per heavy atom. The lowest BCUT2D eigenvalue weighted by Gasteiger charge is -1.99. The molecule has 1 aromatic heterocycles. The third-order valence-corrected chi connectivity index (χ3v) is 3.66. The monoisotopic (exact) mass is 250 g/mol. The zero-order valence-electron chi connectivity index (χ0n) is 8.61. The van der Waals surface area contributed by atoms with Gasteiger partial charge in [-0.3, -0.25) is 0 Å². The SMILES string of the molecule is Clc1ccccc1-c1csc(NC2CC2)n1. The van der Waals surface area contributed by atoms with Crippen LogP contribution in [0.1, 0.15) is 12.8 Å². The molecule has 1 aliphatic carbocycles. The van der Waals surface area contributed by atoms with Crippen molar-refractivity contribution in [2.75, 3.05) is 5.32 Å². The summed E-state index contributed by atoms with van der Waals surface area (Å²) in [7, 11) is 0. The number of hydrogen-bond donors (Lipinski definition) is 1. The molecule has 2 aromatic rings. The van der Waals surface area contributed by atoms with E-state index in [0.29, 0.717) is 6.04 Å². The van der Waals surface area contributed by atoms with E-state index in [-0.39, 0.29) is 0 Å². The second-order valence-electron chi connectivity index (χ2n) is 3.94. The van der Waals surface area contributed by atoms with Crippen LogP contribution in [0, 0.1) is 0 Å². The number of hydrogen-bond acceptors (Lipinski definition) is 3. The number of nitrogens with zero attached hydrogens (tertiary/aromatic N) is 1. The van der Waals surface area contributed by atoms with Gasteiger partial charge in [-0.1, -0.05) is 29.8 Å². The van der Waals surface area contributed by atoms with E-state index in [1.807, 2.05) is 29.6 Å². The molecule has 1 fully saturated rings. The first-order valence-corrected chi connectivity index (χ1v) is 6.55. The van der Waals surface area contributed by atoms with Crippen LogP contribution in [0.25, 0.3) is 11.3 Å². The lowest BCUT2D eigenvalue weighted by molar-refractivity contribution is 1.14. The van der Waals surface area contributed by atoms with Gasteiger partial charge < -0.3 is 5.32 Å². The molecule has 16 heavy (non-hydrogen) atoms. The Balaban J connectivity index is 1.88. The molecule has 1 aliphatic rings. The fraction of sp³-hybridized carbons (Fsp3) is 0.250. The molecule has 1 heterocycles. The van der Waals surface area contributed by atoms with E-state index in [9.17, 15) is 0 Å². The van der Waals surface area contributed by atoms with E-state index in [0.717, 1.165) is 21.4 Å². The topological polar surface area (TPSA) is 24.9 Å². The zero-order chi connectivity index (χ0) is 11.0. The molecule has 0 spiro atoms.